The number of hydrogen-bond acceptors (Lipinski definition) is 4. The van der Waals surface area contributed by atoms with Crippen LogP contribution in [0.2, 0.25) is 0 Å². The van der Waals surface area contributed by atoms with E-state index in [0.717, 1.165) is 0 Å². The first-order valence-corrected chi connectivity index (χ1v) is 6.65. The van der Waals surface area contributed by atoms with Crippen molar-refractivity contribution in [3.63, 3.8) is 0 Å². The number of carboxylic acid groups (broad SMARTS) is 1. The second kappa shape index (κ2) is 4.38. The van der Waals surface area contributed by atoms with Gasteiger partial charge in [0.1, 0.15) is 6.04 Å². The fourth-order valence-electron chi connectivity index (χ4n) is 2.13. The molecule has 0 aliphatic carbocycles. The highest BCUT2D eigenvalue weighted by molar-refractivity contribution is 7.99. The number of carbonyl (C=O) groups is 2. The van der Waals surface area contributed by atoms with Crippen molar-refractivity contribution in [3.8, 4) is 0 Å². The fraction of sp³-hybridized carbons (Fsp3) is 0.800. The predicted molar refractivity (Wildman–Crippen MR) is 62.8 cm³/mol. The molecule has 17 heavy (non-hydrogen) atoms. The number of β-amino-alcohol motifs (C(OH)–C–C–N with tert-alkyl or cyclic N) is 1. The molecule has 0 bridgehead atoms. The first-order chi connectivity index (χ1) is 7.91. The maximum absolute atomic E-state index is 12.1. The number of rotatable bonds is 1. The smallest absolute Gasteiger partial charge is 0.327 e. The molecule has 2 aliphatic heterocycles. The molecule has 0 aromatic carbocycles. The molecule has 2 saturated heterocycles. The predicted octanol–water partition coefficient (Wildman–Crippen LogP) is 0.0226. The van der Waals surface area contributed by atoms with E-state index in [1.165, 1.54) is 21.6 Å². The van der Waals surface area contributed by atoms with Crippen LogP contribution in [0.1, 0.15) is 13.3 Å². The summed E-state index contributed by atoms with van der Waals surface area (Å²) in [7, 11) is 0. The van der Waals surface area contributed by atoms with E-state index in [1.54, 1.807) is 6.92 Å². The lowest BCUT2D eigenvalue weighted by molar-refractivity contribution is -0.140. The Labute approximate surface area is 104 Å². The topological polar surface area (TPSA) is 81.1 Å². The summed E-state index contributed by atoms with van der Waals surface area (Å²) in [6.45, 7) is 2.45. The number of amides is 2. The molecule has 0 radical (unpaired) electrons. The van der Waals surface area contributed by atoms with Crippen LogP contribution in [0.4, 0.5) is 4.79 Å². The summed E-state index contributed by atoms with van der Waals surface area (Å²) in [5, 5.41) is 18.8. The summed E-state index contributed by atoms with van der Waals surface area (Å²) in [4.78, 5) is 26.0. The Bertz CT molecular complexity index is 347. The zero-order valence-electron chi connectivity index (χ0n) is 9.63. The zero-order valence-corrected chi connectivity index (χ0v) is 10.4. The number of hydrogen-bond donors (Lipinski definition) is 2. The van der Waals surface area contributed by atoms with E-state index in [-0.39, 0.29) is 12.6 Å². The Hall–Kier alpha value is -0.950. The van der Waals surface area contributed by atoms with E-state index in [1.807, 2.05) is 0 Å². The molecule has 2 fully saturated rings. The maximum atomic E-state index is 12.1. The molecule has 2 N–H and O–H groups in total. The van der Waals surface area contributed by atoms with Gasteiger partial charge in [0.05, 0.1) is 18.0 Å². The van der Waals surface area contributed by atoms with Crippen molar-refractivity contribution in [2.24, 2.45) is 0 Å². The van der Waals surface area contributed by atoms with Gasteiger partial charge in [-0.2, -0.15) is 0 Å². The molecule has 2 atom stereocenters. The SMILES string of the molecule is CC1(O)CCN(C(=O)N2CSC[C@H]2C(=O)O)C1. The molecule has 2 amide bonds. The average Bonchev–Trinajstić information content (AvgIpc) is 2.82. The third-order valence-electron chi connectivity index (χ3n) is 3.14. The van der Waals surface area contributed by atoms with Crippen molar-refractivity contribution in [1.29, 1.82) is 0 Å². The molecule has 2 aliphatic rings. The maximum Gasteiger partial charge on any atom is 0.327 e. The monoisotopic (exact) mass is 260 g/mol. The number of thioether (sulfide) groups is 1. The van der Waals surface area contributed by atoms with E-state index in [2.05, 4.69) is 0 Å². The van der Waals surface area contributed by atoms with Crippen LogP contribution < -0.4 is 0 Å². The van der Waals surface area contributed by atoms with E-state index >= 15 is 0 Å². The van der Waals surface area contributed by atoms with Gasteiger partial charge < -0.3 is 20.0 Å². The zero-order chi connectivity index (χ0) is 12.6. The molecule has 0 saturated carbocycles. The summed E-state index contributed by atoms with van der Waals surface area (Å²) in [5.41, 5.74) is -0.846. The molecule has 2 heterocycles. The number of urea groups is 1. The van der Waals surface area contributed by atoms with Gasteiger partial charge in [0.25, 0.3) is 0 Å². The van der Waals surface area contributed by atoms with Gasteiger partial charge in [-0.05, 0) is 13.3 Å². The van der Waals surface area contributed by atoms with Crippen molar-refractivity contribution in [2.75, 3.05) is 24.7 Å². The molecule has 1 unspecified atom stereocenters. The minimum atomic E-state index is -0.964. The van der Waals surface area contributed by atoms with Crippen LogP contribution in [-0.4, -0.2) is 68.4 Å². The average molecular weight is 260 g/mol. The molecular formula is C10H16N2O4S. The number of carbonyl (C=O) groups excluding carboxylic acids is 1. The van der Waals surface area contributed by atoms with Crippen LogP contribution in [0.5, 0.6) is 0 Å². The Kier molecular flexibility index (Phi) is 3.22. The van der Waals surface area contributed by atoms with Gasteiger partial charge in [-0.3, -0.25) is 0 Å². The van der Waals surface area contributed by atoms with Crippen molar-refractivity contribution < 1.29 is 19.8 Å². The van der Waals surface area contributed by atoms with Crippen LogP contribution in [-0.2, 0) is 4.79 Å². The lowest BCUT2D eigenvalue weighted by Crippen LogP contribution is -2.48. The quantitative estimate of drug-likeness (QED) is 0.695. The fourth-order valence-corrected chi connectivity index (χ4v) is 3.26. The van der Waals surface area contributed by atoms with Gasteiger partial charge in [0, 0.05) is 12.3 Å². The summed E-state index contributed by atoms with van der Waals surface area (Å²) in [5.74, 6) is -0.117. The standard InChI is InChI=1S/C10H16N2O4S/c1-10(16)2-3-11(5-10)9(15)12-6-17-4-7(12)8(13)14/h7,16H,2-6H2,1H3,(H,13,14)/t7-,10?/m0/s1. The van der Waals surface area contributed by atoms with Gasteiger partial charge >= 0.3 is 12.0 Å². The summed E-state index contributed by atoms with van der Waals surface area (Å²) < 4.78 is 0. The van der Waals surface area contributed by atoms with Gasteiger partial charge in [0.15, 0.2) is 0 Å². The summed E-state index contributed by atoms with van der Waals surface area (Å²) in [6, 6.07) is -1.02. The lowest BCUT2D eigenvalue weighted by atomic mass is 10.1. The molecule has 2 rings (SSSR count). The van der Waals surface area contributed by atoms with E-state index < -0.39 is 17.6 Å². The largest absolute Gasteiger partial charge is 0.480 e. The number of aliphatic hydroxyl groups is 1. The molecule has 0 spiro atoms. The second-order valence-electron chi connectivity index (χ2n) is 4.77. The highest BCUT2D eigenvalue weighted by Gasteiger charge is 2.41. The Morgan fingerprint density at radius 1 is 1.47 bits per heavy atom. The van der Waals surface area contributed by atoms with Gasteiger partial charge in [-0.15, -0.1) is 11.8 Å². The van der Waals surface area contributed by atoms with E-state index in [9.17, 15) is 14.7 Å². The second-order valence-corrected chi connectivity index (χ2v) is 5.77. The van der Waals surface area contributed by atoms with Gasteiger partial charge in [-0.25, -0.2) is 9.59 Å². The Morgan fingerprint density at radius 2 is 2.18 bits per heavy atom. The minimum absolute atomic E-state index is 0.277. The van der Waals surface area contributed by atoms with Crippen molar-refractivity contribution in [2.45, 2.75) is 25.0 Å². The van der Waals surface area contributed by atoms with Crippen LogP contribution in [0.3, 0.4) is 0 Å². The first-order valence-electron chi connectivity index (χ1n) is 5.49. The summed E-state index contributed by atoms with van der Waals surface area (Å²) in [6.07, 6.45) is 0.539. The minimum Gasteiger partial charge on any atom is -0.480 e. The van der Waals surface area contributed by atoms with Crippen LogP contribution in [0.25, 0.3) is 0 Å². The lowest BCUT2D eigenvalue weighted by Gasteiger charge is -2.27. The van der Waals surface area contributed by atoms with Gasteiger partial charge in [-0.1, -0.05) is 0 Å². The number of aliphatic carboxylic acids is 1. The Balaban J connectivity index is 2.03. The van der Waals surface area contributed by atoms with Crippen molar-refractivity contribution >= 4 is 23.8 Å². The van der Waals surface area contributed by atoms with Crippen molar-refractivity contribution in [3.05, 3.63) is 0 Å². The highest BCUT2D eigenvalue weighted by Crippen LogP contribution is 2.26. The van der Waals surface area contributed by atoms with Crippen molar-refractivity contribution in [1.82, 2.24) is 9.80 Å². The molecule has 0 aromatic rings. The number of carboxylic acids is 1. The third-order valence-corrected chi connectivity index (χ3v) is 4.15. The van der Waals surface area contributed by atoms with Crippen LogP contribution in [0, 0.1) is 0 Å². The van der Waals surface area contributed by atoms with E-state index in [4.69, 9.17) is 5.11 Å². The summed E-state index contributed by atoms with van der Waals surface area (Å²) >= 11 is 1.44. The number of nitrogens with zero attached hydrogens (tertiary/aromatic N) is 2. The first kappa shape index (κ1) is 12.5. The van der Waals surface area contributed by atoms with E-state index in [0.29, 0.717) is 24.6 Å². The molecule has 6 nitrogen and oxygen atoms in total. The molecule has 7 heteroatoms. The highest BCUT2D eigenvalue weighted by atomic mass is 32.2. The van der Waals surface area contributed by atoms with Crippen LogP contribution in [0.15, 0.2) is 0 Å². The van der Waals surface area contributed by atoms with Crippen LogP contribution >= 0.6 is 11.8 Å². The molecular weight excluding hydrogens is 244 g/mol. The van der Waals surface area contributed by atoms with Gasteiger partial charge in [0.2, 0.25) is 0 Å². The third kappa shape index (κ3) is 2.50. The Morgan fingerprint density at radius 3 is 2.71 bits per heavy atom. The number of likely N-dealkylation sites (tertiary alicyclic amines) is 1. The molecule has 0 aromatic heterocycles. The normalized spacial score (nSPS) is 33.2. The molecule has 96 valence electrons.